The fourth-order valence-electron chi connectivity index (χ4n) is 2.40. The van der Waals surface area contributed by atoms with Crippen LogP contribution < -0.4 is 0 Å². The van der Waals surface area contributed by atoms with Gasteiger partial charge in [0, 0.05) is 0 Å². The van der Waals surface area contributed by atoms with Crippen LogP contribution in [0.4, 0.5) is 0 Å². The molecule has 21 heavy (non-hydrogen) atoms. The summed E-state index contributed by atoms with van der Waals surface area (Å²) in [5.41, 5.74) is 4.06. The third-order valence-corrected chi connectivity index (χ3v) is 3.44. The summed E-state index contributed by atoms with van der Waals surface area (Å²) in [5, 5.41) is 9.39. The minimum Gasteiger partial charge on any atom is -0.478 e. The Hall–Kier alpha value is -2.87. The average molecular weight is 274 g/mol. The lowest BCUT2D eigenvalue weighted by Gasteiger charge is -2.10. The quantitative estimate of drug-likeness (QED) is 0.750. The molecule has 0 aromatic heterocycles. The molecule has 0 aliphatic rings. The predicted octanol–water partition coefficient (Wildman–Crippen LogP) is 4.72. The van der Waals surface area contributed by atoms with E-state index >= 15 is 0 Å². The van der Waals surface area contributed by atoms with Crippen LogP contribution in [0.3, 0.4) is 0 Å². The number of carboxylic acid groups (broad SMARTS) is 1. The van der Waals surface area contributed by atoms with Crippen molar-refractivity contribution in [2.45, 2.75) is 0 Å². The van der Waals surface area contributed by atoms with E-state index in [0.29, 0.717) is 5.56 Å². The van der Waals surface area contributed by atoms with Crippen LogP contribution in [0.2, 0.25) is 0 Å². The van der Waals surface area contributed by atoms with Crippen LogP contribution in [0.5, 0.6) is 0 Å². The smallest absolute Gasteiger partial charge is 0.336 e. The summed E-state index contributed by atoms with van der Waals surface area (Å²) in [6.45, 7) is 0. The van der Waals surface area contributed by atoms with E-state index in [1.807, 2.05) is 72.8 Å². The van der Waals surface area contributed by atoms with Crippen LogP contribution in [0.15, 0.2) is 78.9 Å². The molecule has 3 rings (SSSR count). The highest BCUT2D eigenvalue weighted by Crippen LogP contribution is 2.29. The SMILES string of the molecule is O=C(O)c1ccc(-c2ccccc2)cc1-c1ccccc1. The van der Waals surface area contributed by atoms with E-state index in [-0.39, 0.29) is 0 Å². The van der Waals surface area contributed by atoms with Crippen molar-refractivity contribution in [3.63, 3.8) is 0 Å². The number of rotatable bonds is 3. The highest BCUT2D eigenvalue weighted by molar-refractivity contribution is 5.97. The summed E-state index contributed by atoms with van der Waals surface area (Å²) in [7, 11) is 0. The highest BCUT2D eigenvalue weighted by atomic mass is 16.4. The van der Waals surface area contributed by atoms with Gasteiger partial charge in [-0.15, -0.1) is 0 Å². The largest absolute Gasteiger partial charge is 0.478 e. The summed E-state index contributed by atoms with van der Waals surface area (Å²) < 4.78 is 0. The van der Waals surface area contributed by atoms with Gasteiger partial charge in [0.05, 0.1) is 5.56 Å². The minimum absolute atomic E-state index is 0.320. The highest BCUT2D eigenvalue weighted by Gasteiger charge is 2.12. The molecule has 3 aromatic carbocycles. The van der Waals surface area contributed by atoms with Gasteiger partial charge >= 0.3 is 5.97 Å². The summed E-state index contributed by atoms with van der Waals surface area (Å²) in [6.07, 6.45) is 0. The van der Waals surface area contributed by atoms with Gasteiger partial charge in [0.15, 0.2) is 0 Å². The Labute approximate surface area is 123 Å². The second-order valence-electron chi connectivity index (χ2n) is 4.80. The van der Waals surface area contributed by atoms with E-state index < -0.39 is 5.97 Å². The Balaban J connectivity index is 2.18. The molecule has 2 nitrogen and oxygen atoms in total. The third-order valence-electron chi connectivity index (χ3n) is 3.44. The first-order chi connectivity index (χ1) is 10.3. The predicted molar refractivity (Wildman–Crippen MR) is 84.3 cm³/mol. The molecule has 0 spiro atoms. The number of hydrogen-bond acceptors (Lipinski definition) is 1. The van der Waals surface area contributed by atoms with Crippen molar-refractivity contribution in [2.75, 3.05) is 0 Å². The first-order valence-corrected chi connectivity index (χ1v) is 6.74. The van der Waals surface area contributed by atoms with Crippen molar-refractivity contribution in [3.8, 4) is 22.3 Å². The van der Waals surface area contributed by atoms with E-state index in [0.717, 1.165) is 22.3 Å². The van der Waals surface area contributed by atoms with Gasteiger partial charge < -0.3 is 5.11 Å². The zero-order valence-corrected chi connectivity index (χ0v) is 11.4. The molecule has 1 N–H and O–H groups in total. The Morgan fingerprint density at radius 2 is 1.24 bits per heavy atom. The molecule has 0 amide bonds. The molecule has 0 aliphatic heterocycles. The maximum atomic E-state index is 11.4. The van der Waals surface area contributed by atoms with Gasteiger partial charge in [-0.05, 0) is 34.4 Å². The topological polar surface area (TPSA) is 37.3 Å². The van der Waals surface area contributed by atoms with Crippen molar-refractivity contribution >= 4 is 5.97 Å². The standard InChI is InChI=1S/C19H14O2/c20-19(21)17-12-11-16(14-7-3-1-4-8-14)13-18(17)15-9-5-2-6-10-15/h1-13H,(H,20,21). The zero-order valence-electron chi connectivity index (χ0n) is 11.4. The van der Waals surface area contributed by atoms with Crippen LogP contribution in [0.1, 0.15) is 10.4 Å². The van der Waals surface area contributed by atoms with Crippen LogP contribution in [0.25, 0.3) is 22.3 Å². The van der Waals surface area contributed by atoms with Crippen molar-refractivity contribution in [1.29, 1.82) is 0 Å². The fourth-order valence-corrected chi connectivity index (χ4v) is 2.40. The summed E-state index contributed by atoms with van der Waals surface area (Å²) in [6, 6.07) is 25.0. The first kappa shape index (κ1) is 13.1. The Bertz CT molecular complexity index is 762. The van der Waals surface area contributed by atoms with E-state index in [2.05, 4.69) is 0 Å². The van der Waals surface area contributed by atoms with Gasteiger partial charge in [-0.1, -0.05) is 66.7 Å². The molecule has 0 aliphatic carbocycles. The molecule has 0 unspecified atom stereocenters. The Morgan fingerprint density at radius 3 is 1.81 bits per heavy atom. The van der Waals surface area contributed by atoms with Gasteiger partial charge in [0.25, 0.3) is 0 Å². The van der Waals surface area contributed by atoms with Crippen molar-refractivity contribution in [1.82, 2.24) is 0 Å². The number of hydrogen-bond donors (Lipinski definition) is 1. The lowest BCUT2D eigenvalue weighted by atomic mass is 9.94. The van der Waals surface area contributed by atoms with Crippen LogP contribution >= 0.6 is 0 Å². The first-order valence-electron chi connectivity index (χ1n) is 6.74. The van der Waals surface area contributed by atoms with Crippen LogP contribution in [0, 0.1) is 0 Å². The molecular weight excluding hydrogens is 260 g/mol. The molecule has 0 heterocycles. The van der Waals surface area contributed by atoms with E-state index in [9.17, 15) is 9.90 Å². The minimum atomic E-state index is -0.909. The molecule has 102 valence electrons. The summed E-state index contributed by atoms with van der Waals surface area (Å²) in [4.78, 5) is 11.4. The molecule has 0 fully saturated rings. The second-order valence-corrected chi connectivity index (χ2v) is 4.80. The van der Waals surface area contributed by atoms with Gasteiger partial charge in [-0.2, -0.15) is 0 Å². The molecular formula is C19H14O2. The van der Waals surface area contributed by atoms with E-state index in [1.165, 1.54) is 0 Å². The number of carboxylic acids is 1. The number of benzene rings is 3. The maximum absolute atomic E-state index is 11.4. The molecule has 2 heteroatoms. The van der Waals surface area contributed by atoms with E-state index in [1.54, 1.807) is 6.07 Å². The fraction of sp³-hybridized carbons (Fsp3) is 0. The zero-order chi connectivity index (χ0) is 14.7. The Kier molecular flexibility index (Phi) is 3.52. The van der Waals surface area contributed by atoms with Crippen LogP contribution in [-0.4, -0.2) is 11.1 Å². The summed E-state index contributed by atoms with van der Waals surface area (Å²) >= 11 is 0. The molecule has 0 bridgehead atoms. The summed E-state index contributed by atoms with van der Waals surface area (Å²) in [5.74, 6) is -0.909. The lowest BCUT2D eigenvalue weighted by Crippen LogP contribution is -1.99. The maximum Gasteiger partial charge on any atom is 0.336 e. The van der Waals surface area contributed by atoms with Gasteiger partial charge in [-0.25, -0.2) is 4.79 Å². The lowest BCUT2D eigenvalue weighted by molar-refractivity contribution is 0.0698. The normalized spacial score (nSPS) is 10.3. The molecule has 0 saturated heterocycles. The number of carbonyl (C=O) groups is 1. The van der Waals surface area contributed by atoms with Crippen LogP contribution in [-0.2, 0) is 0 Å². The van der Waals surface area contributed by atoms with Crippen molar-refractivity contribution in [3.05, 3.63) is 84.4 Å². The molecule has 3 aromatic rings. The molecule has 0 saturated carbocycles. The second kappa shape index (κ2) is 5.63. The van der Waals surface area contributed by atoms with Gasteiger partial charge in [-0.3, -0.25) is 0 Å². The van der Waals surface area contributed by atoms with E-state index in [4.69, 9.17) is 0 Å². The molecule has 0 atom stereocenters. The van der Waals surface area contributed by atoms with Crippen molar-refractivity contribution < 1.29 is 9.90 Å². The average Bonchev–Trinajstić information content (AvgIpc) is 2.56. The molecule has 0 radical (unpaired) electrons. The van der Waals surface area contributed by atoms with Gasteiger partial charge in [0.2, 0.25) is 0 Å². The Morgan fingerprint density at radius 1 is 0.667 bits per heavy atom. The monoisotopic (exact) mass is 274 g/mol. The number of aromatic carboxylic acids is 1. The third kappa shape index (κ3) is 2.70. The van der Waals surface area contributed by atoms with Crippen molar-refractivity contribution in [2.24, 2.45) is 0 Å². The van der Waals surface area contributed by atoms with Gasteiger partial charge in [0.1, 0.15) is 0 Å².